The van der Waals surface area contributed by atoms with Crippen molar-refractivity contribution >= 4 is 0 Å². The Labute approximate surface area is 115 Å². The standard InChI is InChI=1S/C15H23N3O/c1-13(18-7-5-16-6-8-18)9-15(11-19-12-15)14-3-2-4-17-10-14/h2-4,10,13,16H,5-9,11-12H2,1H3. The molecule has 1 aromatic rings. The van der Waals surface area contributed by atoms with E-state index in [-0.39, 0.29) is 5.41 Å². The Balaban J connectivity index is 1.69. The van der Waals surface area contributed by atoms with Crippen LogP contribution in [0.1, 0.15) is 18.9 Å². The molecule has 0 amide bonds. The smallest absolute Gasteiger partial charge is 0.0586 e. The van der Waals surface area contributed by atoms with E-state index in [1.54, 1.807) is 0 Å². The van der Waals surface area contributed by atoms with Gasteiger partial charge in [-0.2, -0.15) is 0 Å². The van der Waals surface area contributed by atoms with Crippen LogP contribution in [0.5, 0.6) is 0 Å². The molecule has 2 saturated heterocycles. The van der Waals surface area contributed by atoms with Crippen molar-refractivity contribution in [3.05, 3.63) is 30.1 Å². The van der Waals surface area contributed by atoms with Crippen LogP contribution in [0.15, 0.2) is 24.5 Å². The first-order valence-electron chi connectivity index (χ1n) is 7.23. The van der Waals surface area contributed by atoms with Crippen LogP contribution in [0.2, 0.25) is 0 Å². The number of hydrogen-bond donors (Lipinski definition) is 1. The van der Waals surface area contributed by atoms with Crippen LogP contribution in [0.3, 0.4) is 0 Å². The molecule has 0 aliphatic carbocycles. The average molecular weight is 261 g/mol. The normalized spacial score (nSPS) is 24.7. The molecule has 1 aromatic heterocycles. The summed E-state index contributed by atoms with van der Waals surface area (Å²) >= 11 is 0. The van der Waals surface area contributed by atoms with Gasteiger partial charge in [-0.3, -0.25) is 9.88 Å². The number of nitrogens with zero attached hydrogens (tertiary/aromatic N) is 2. The van der Waals surface area contributed by atoms with Crippen molar-refractivity contribution in [2.45, 2.75) is 24.8 Å². The van der Waals surface area contributed by atoms with Gasteiger partial charge in [0.05, 0.1) is 13.2 Å². The van der Waals surface area contributed by atoms with Crippen molar-refractivity contribution in [1.29, 1.82) is 0 Å². The quantitative estimate of drug-likeness (QED) is 0.878. The Morgan fingerprint density at radius 1 is 1.42 bits per heavy atom. The lowest BCUT2D eigenvalue weighted by Gasteiger charge is -2.46. The third kappa shape index (κ3) is 2.66. The molecule has 2 fully saturated rings. The zero-order valence-electron chi connectivity index (χ0n) is 11.6. The molecule has 2 aliphatic heterocycles. The van der Waals surface area contributed by atoms with Crippen molar-refractivity contribution in [2.75, 3.05) is 39.4 Å². The van der Waals surface area contributed by atoms with E-state index >= 15 is 0 Å². The number of piperazine rings is 1. The Bertz CT molecular complexity index is 399. The number of nitrogens with one attached hydrogen (secondary N) is 1. The van der Waals surface area contributed by atoms with Crippen LogP contribution >= 0.6 is 0 Å². The van der Waals surface area contributed by atoms with Crippen LogP contribution in [0.4, 0.5) is 0 Å². The lowest BCUT2D eigenvalue weighted by atomic mass is 9.74. The minimum atomic E-state index is 0.193. The number of hydrogen-bond acceptors (Lipinski definition) is 4. The second-order valence-corrected chi connectivity index (χ2v) is 5.85. The van der Waals surface area contributed by atoms with Crippen molar-refractivity contribution in [1.82, 2.24) is 15.2 Å². The molecule has 1 N–H and O–H groups in total. The highest BCUT2D eigenvalue weighted by molar-refractivity contribution is 5.25. The molecule has 0 saturated carbocycles. The van der Waals surface area contributed by atoms with Crippen molar-refractivity contribution < 1.29 is 4.74 Å². The molecule has 3 rings (SSSR count). The molecule has 3 heterocycles. The molecule has 4 heteroatoms. The number of rotatable bonds is 4. The maximum Gasteiger partial charge on any atom is 0.0586 e. The van der Waals surface area contributed by atoms with Gasteiger partial charge in [0.2, 0.25) is 0 Å². The predicted octanol–water partition coefficient (Wildman–Crippen LogP) is 1.03. The summed E-state index contributed by atoms with van der Waals surface area (Å²) in [4.78, 5) is 6.86. The van der Waals surface area contributed by atoms with Crippen LogP contribution in [-0.2, 0) is 10.2 Å². The van der Waals surface area contributed by atoms with Crippen molar-refractivity contribution in [3.63, 3.8) is 0 Å². The largest absolute Gasteiger partial charge is 0.379 e. The molecule has 2 aliphatic rings. The van der Waals surface area contributed by atoms with E-state index in [9.17, 15) is 0 Å². The Hall–Kier alpha value is -0.970. The highest BCUT2D eigenvalue weighted by Gasteiger charge is 2.42. The topological polar surface area (TPSA) is 37.4 Å². The lowest BCUT2D eigenvalue weighted by Crippen LogP contribution is -2.54. The summed E-state index contributed by atoms with van der Waals surface area (Å²) < 4.78 is 5.52. The van der Waals surface area contributed by atoms with Gasteiger partial charge in [0.25, 0.3) is 0 Å². The first kappa shape index (κ1) is 13.0. The molecule has 104 valence electrons. The average Bonchev–Trinajstić information content (AvgIpc) is 2.44. The van der Waals surface area contributed by atoms with E-state index in [1.165, 1.54) is 12.0 Å². The first-order valence-corrected chi connectivity index (χ1v) is 7.23. The van der Waals surface area contributed by atoms with Gasteiger partial charge in [-0.15, -0.1) is 0 Å². The fraction of sp³-hybridized carbons (Fsp3) is 0.667. The Morgan fingerprint density at radius 3 is 2.79 bits per heavy atom. The summed E-state index contributed by atoms with van der Waals surface area (Å²) in [5.41, 5.74) is 1.53. The maximum atomic E-state index is 5.52. The molecule has 1 unspecified atom stereocenters. The minimum absolute atomic E-state index is 0.193. The van der Waals surface area contributed by atoms with Crippen LogP contribution in [0, 0.1) is 0 Å². The van der Waals surface area contributed by atoms with E-state index in [0.717, 1.165) is 39.4 Å². The summed E-state index contributed by atoms with van der Waals surface area (Å²) in [5, 5.41) is 3.42. The minimum Gasteiger partial charge on any atom is -0.379 e. The van der Waals surface area contributed by atoms with E-state index in [0.29, 0.717) is 6.04 Å². The third-order valence-corrected chi connectivity index (χ3v) is 4.49. The molecule has 19 heavy (non-hydrogen) atoms. The van der Waals surface area contributed by atoms with Gasteiger partial charge in [0.15, 0.2) is 0 Å². The second-order valence-electron chi connectivity index (χ2n) is 5.85. The van der Waals surface area contributed by atoms with Gasteiger partial charge in [0.1, 0.15) is 0 Å². The van der Waals surface area contributed by atoms with Crippen LogP contribution in [0.25, 0.3) is 0 Å². The second kappa shape index (κ2) is 5.57. The predicted molar refractivity (Wildman–Crippen MR) is 75.3 cm³/mol. The van der Waals surface area contributed by atoms with Crippen molar-refractivity contribution in [2.24, 2.45) is 0 Å². The van der Waals surface area contributed by atoms with E-state index in [1.807, 2.05) is 18.5 Å². The molecule has 1 atom stereocenters. The zero-order valence-corrected chi connectivity index (χ0v) is 11.6. The van der Waals surface area contributed by atoms with Gasteiger partial charge < -0.3 is 10.1 Å². The summed E-state index contributed by atoms with van der Waals surface area (Å²) in [6.45, 7) is 8.57. The van der Waals surface area contributed by atoms with Crippen molar-refractivity contribution in [3.8, 4) is 0 Å². The highest BCUT2D eigenvalue weighted by Crippen LogP contribution is 2.37. The molecule has 0 spiro atoms. The summed E-state index contributed by atoms with van der Waals surface area (Å²) in [6.07, 6.45) is 5.02. The lowest BCUT2D eigenvalue weighted by molar-refractivity contribution is -0.0748. The van der Waals surface area contributed by atoms with Gasteiger partial charge in [-0.25, -0.2) is 0 Å². The number of pyridine rings is 1. The highest BCUT2D eigenvalue weighted by atomic mass is 16.5. The molecule has 0 aromatic carbocycles. The molecular formula is C15H23N3O. The van der Waals surface area contributed by atoms with Gasteiger partial charge >= 0.3 is 0 Å². The number of ether oxygens (including phenoxy) is 1. The third-order valence-electron chi connectivity index (χ3n) is 4.49. The summed E-state index contributed by atoms with van der Waals surface area (Å²) in [6, 6.07) is 4.83. The Morgan fingerprint density at radius 2 is 2.21 bits per heavy atom. The maximum absolute atomic E-state index is 5.52. The first-order chi connectivity index (χ1) is 9.30. The molecule has 0 bridgehead atoms. The summed E-state index contributed by atoms with van der Waals surface area (Å²) in [7, 11) is 0. The zero-order chi connectivity index (χ0) is 13.1. The van der Waals surface area contributed by atoms with Crippen LogP contribution < -0.4 is 5.32 Å². The molecule has 0 radical (unpaired) electrons. The monoisotopic (exact) mass is 261 g/mol. The SMILES string of the molecule is CC(CC1(c2cccnc2)COC1)N1CCNCC1. The Kier molecular flexibility index (Phi) is 3.82. The molecule has 4 nitrogen and oxygen atoms in total. The van der Waals surface area contributed by atoms with Gasteiger partial charge in [0, 0.05) is 50.0 Å². The van der Waals surface area contributed by atoms with Gasteiger partial charge in [-0.05, 0) is 25.0 Å². The fourth-order valence-corrected chi connectivity index (χ4v) is 3.24. The summed E-state index contributed by atoms with van der Waals surface area (Å²) in [5.74, 6) is 0. The number of aromatic nitrogens is 1. The fourth-order valence-electron chi connectivity index (χ4n) is 3.24. The van der Waals surface area contributed by atoms with Gasteiger partial charge in [-0.1, -0.05) is 6.07 Å². The van der Waals surface area contributed by atoms with E-state index in [2.05, 4.69) is 28.2 Å². The van der Waals surface area contributed by atoms with Crippen LogP contribution in [-0.4, -0.2) is 55.3 Å². The molecular weight excluding hydrogens is 238 g/mol. The van der Waals surface area contributed by atoms with E-state index in [4.69, 9.17) is 4.74 Å². The van der Waals surface area contributed by atoms with E-state index < -0.39 is 0 Å².